The summed E-state index contributed by atoms with van der Waals surface area (Å²) < 4.78 is 2.15. The summed E-state index contributed by atoms with van der Waals surface area (Å²) in [5.41, 5.74) is 1.70. The Morgan fingerprint density at radius 2 is 2.12 bits per heavy atom. The van der Waals surface area contributed by atoms with E-state index < -0.39 is 0 Å². The number of hydrogen-bond acceptors (Lipinski definition) is 3. The van der Waals surface area contributed by atoms with Gasteiger partial charge in [-0.05, 0) is 38.0 Å². The molecule has 7 heteroatoms. The molecule has 1 aliphatic rings. The first kappa shape index (κ1) is 14.7. The predicted octanol–water partition coefficient (Wildman–Crippen LogP) is 1.84. The lowest BCUT2D eigenvalue weighted by Gasteiger charge is -2.34. The minimum Gasteiger partial charge on any atom is -0.337 e. The van der Waals surface area contributed by atoms with Gasteiger partial charge in [-0.25, -0.2) is 9.78 Å². The lowest BCUT2D eigenvalue weighted by Crippen LogP contribution is -2.40. The van der Waals surface area contributed by atoms with Crippen molar-refractivity contribution in [1.29, 1.82) is 0 Å². The summed E-state index contributed by atoms with van der Waals surface area (Å²) in [5, 5.41) is 0. The molecular formula is C17H19N5O2. The molecule has 24 heavy (non-hydrogen) atoms. The van der Waals surface area contributed by atoms with Crippen LogP contribution in [0.1, 0.15) is 35.1 Å². The lowest BCUT2D eigenvalue weighted by molar-refractivity contribution is 0.0678. The summed E-state index contributed by atoms with van der Waals surface area (Å²) in [7, 11) is 0. The zero-order valence-corrected chi connectivity index (χ0v) is 13.5. The second kappa shape index (κ2) is 5.67. The highest BCUT2D eigenvalue weighted by Gasteiger charge is 2.26. The van der Waals surface area contributed by atoms with Crippen molar-refractivity contribution in [2.75, 3.05) is 13.1 Å². The van der Waals surface area contributed by atoms with Gasteiger partial charge in [0, 0.05) is 31.0 Å². The number of nitrogens with zero attached hydrogens (tertiary/aromatic N) is 3. The first-order chi connectivity index (χ1) is 11.6. The number of carbonyl (C=O) groups excluding carboxylic acids is 1. The van der Waals surface area contributed by atoms with Crippen LogP contribution in [0.3, 0.4) is 0 Å². The van der Waals surface area contributed by atoms with Gasteiger partial charge in [-0.2, -0.15) is 0 Å². The average Bonchev–Trinajstić information content (AvgIpc) is 3.18. The van der Waals surface area contributed by atoms with Gasteiger partial charge in [0.05, 0.1) is 17.1 Å². The monoisotopic (exact) mass is 325 g/mol. The van der Waals surface area contributed by atoms with E-state index in [0.717, 1.165) is 25.2 Å². The molecule has 4 rings (SSSR count). The summed E-state index contributed by atoms with van der Waals surface area (Å²) in [6, 6.07) is 5.53. The van der Waals surface area contributed by atoms with Crippen LogP contribution in [-0.2, 0) is 0 Å². The number of rotatable bonds is 2. The molecule has 1 fully saturated rings. The quantitative estimate of drug-likeness (QED) is 0.754. The zero-order valence-electron chi connectivity index (χ0n) is 13.5. The Morgan fingerprint density at radius 1 is 1.29 bits per heavy atom. The molecule has 3 aromatic rings. The van der Waals surface area contributed by atoms with E-state index in [1.54, 1.807) is 24.4 Å². The van der Waals surface area contributed by atoms with Crippen LogP contribution < -0.4 is 5.69 Å². The highest BCUT2D eigenvalue weighted by molar-refractivity contribution is 5.97. The maximum absolute atomic E-state index is 12.8. The van der Waals surface area contributed by atoms with Crippen molar-refractivity contribution in [1.82, 2.24) is 24.4 Å². The minimum atomic E-state index is -0.261. The first-order valence-electron chi connectivity index (χ1n) is 8.12. The van der Waals surface area contributed by atoms with Gasteiger partial charge in [0.1, 0.15) is 5.82 Å². The number of likely N-dealkylation sites (tertiary alicyclic amines) is 1. The lowest BCUT2D eigenvalue weighted by atomic mass is 10.0. The van der Waals surface area contributed by atoms with E-state index in [1.165, 1.54) is 0 Å². The fraction of sp³-hybridized carbons (Fsp3) is 0.353. The fourth-order valence-corrected chi connectivity index (χ4v) is 3.49. The van der Waals surface area contributed by atoms with E-state index >= 15 is 0 Å². The van der Waals surface area contributed by atoms with E-state index in [1.807, 2.05) is 18.0 Å². The van der Waals surface area contributed by atoms with Crippen molar-refractivity contribution in [2.45, 2.75) is 25.8 Å². The van der Waals surface area contributed by atoms with Gasteiger partial charge >= 0.3 is 5.69 Å². The molecule has 1 unspecified atom stereocenters. The molecule has 3 heterocycles. The fourth-order valence-electron chi connectivity index (χ4n) is 3.49. The number of H-pyrrole nitrogens is 2. The predicted molar refractivity (Wildman–Crippen MR) is 90.1 cm³/mol. The Balaban J connectivity index is 1.58. The van der Waals surface area contributed by atoms with Crippen molar-refractivity contribution in [2.24, 2.45) is 0 Å². The summed E-state index contributed by atoms with van der Waals surface area (Å²) >= 11 is 0. The van der Waals surface area contributed by atoms with Gasteiger partial charge in [0.2, 0.25) is 0 Å². The minimum absolute atomic E-state index is 0.00131. The number of imidazole rings is 2. The Kier molecular flexibility index (Phi) is 3.48. The summed E-state index contributed by atoms with van der Waals surface area (Å²) in [6.45, 7) is 3.42. The van der Waals surface area contributed by atoms with Crippen LogP contribution in [0.2, 0.25) is 0 Å². The first-order valence-corrected chi connectivity index (χ1v) is 8.12. The highest BCUT2D eigenvalue weighted by atomic mass is 16.2. The molecule has 0 saturated carbocycles. The zero-order chi connectivity index (χ0) is 16.7. The average molecular weight is 325 g/mol. The van der Waals surface area contributed by atoms with Crippen LogP contribution in [0.15, 0.2) is 35.4 Å². The van der Waals surface area contributed by atoms with Gasteiger partial charge in [0.15, 0.2) is 0 Å². The van der Waals surface area contributed by atoms with Crippen LogP contribution in [0.25, 0.3) is 11.0 Å². The molecule has 7 nitrogen and oxygen atoms in total. The van der Waals surface area contributed by atoms with Crippen molar-refractivity contribution < 1.29 is 4.79 Å². The van der Waals surface area contributed by atoms with Crippen LogP contribution in [-0.4, -0.2) is 43.4 Å². The largest absolute Gasteiger partial charge is 0.337 e. The van der Waals surface area contributed by atoms with Crippen molar-refractivity contribution in [3.05, 3.63) is 52.5 Å². The van der Waals surface area contributed by atoms with Gasteiger partial charge < -0.3 is 19.4 Å². The molecule has 0 bridgehead atoms. The third kappa shape index (κ3) is 2.51. The summed E-state index contributed by atoms with van der Waals surface area (Å²) in [5.74, 6) is 0.974. The van der Waals surface area contributed by atoms with E-state index in [2.05, 4.69) is 19.5 Å². The molecule has 2 N–H and O–H groups in total. The molecule has 0 spiro atoms. The number of aromatic amines is 2. The molecule has 0 aliphatic carbocycles. The molecule has 1 amide bonds. The second-order valence-electron chi connectivity index (χ2n) is 6.27. The third-order valence-electron chi connectivity index (χ3n) is 4.70. The van der Waals surface area contributed by atoms with Crippen molar-refractivity contribution in [3.8, 4) is 0 Å². The standard InChI is InChI=1S/C17H19N5O2/c1-11-18-6-8-22(11)13-3-2-7-21(10-13)16(23)12-4-5-14-15(9-12)20-17(24)19-14/h4-6,8-9,13H,2-3,7,10H2,1H3,(H2,19,20,24). The third-order valence-corrected chi connectivity index (χ3v) is 4.70. The number of piperidine rings is 1. The number of amides is 1. The van der Waals surface area contributed by atoms with E-state index in [0.29, 0.717) is 23.1 Å². The van der Waals surface area contributed by atoms with Gasteiger partial charge in [-0.1, -0.05) is 0 Å². The number of nitrogens with one attached hydrogen (secondary N) is 2. The molecule has 2 aromatic heterocycles. The van der Waals surface area contributed by atoms with Crippen LogP contribution in [0.5, 0.6) is 0 Å². The van der Waals surface area contributed by atoms with Crippen LogP contribution in [0, 0.1) is 6.92 Å². The van der Waals surface area contributed by atoms with E-state index in [-0.39, 0.29) is 17.6 Å². The number of carbonyl (C=O) groups is 1. The van der Waals surface area contributed by atoms with Crippen LogP contribution >= 0.6 is 0 Å². The molecule has 1 aromatic carbocycles. The van der Waals surface area contributed by atoms with E-state index in [4.69, 9.17) is 0 Å². The number of aromatic nitrogens is 4. The topological polar surface area (TPSA) is 86.8 Å². The Bertz CT molecular complexity index is 951. The molecule has 1 atom stereocenters. The maximum atomic E-state index is 12.8. The van der Waals surface area contributed by atoms with Crippen molar-refractivity contribution in [3.63, 3.8) is 0 Å². The summed E-state index contributed by atoms with van der Waals surface area (Å²) in [4.78, 5) is 35.8. The van der Waals surface area contributed by atoms with Gasteiger partial charge in [-0.3, -0.25) is 4.79 Å². The molecular weight excluding hydrogens is 306 g/mol. The smallest absolute Gasteiger partial charge is 0.323 e. The van der Waals surface area contributed by atoms with Gasteiger partial charge in [-0.15, -0.1) is 0 Å². The van der Waals surface area contributed by atoms with Gasteiger partial charge in [0.25, 0.3) is 5.91 Å². The molecule has 124 valence electrons. The SMILES string of the molecule is Cc1nccn1C1CCCN(C(=O)c2ccc3[nH]c(=O)[nH]c3c2)C1. The number of benzene rings is 1. The maximum Gasteiger partial charge on any atom is 0.323 e. The number of fused-ring (bicyclic) bond motifs is 1. The Labute approximate surface area is 138 Å². The normalized spacial score (nSPS) is 18.2. The molecule has 1 aliphatic heterocycles. The Hall–Kier alpha value is -2.83. The van der Waals surface area contributed by atoms with Crippen molar-refractivity contribution >= 4 is 16.9 Å². The molecule has 1 saturated heterocycles. The highest BCUT2D eigenvalue weighted by Crippen LogP contribution is 2.24. The number of hydrogen-bond donors (Lipinski definition) is 2. The summed E-state index contributed by atoms with van der Waals surface area (Å²) in [6.07, 6.45) is 5.79. The second-order valence-corrected chi connectivity index (χ2v) is 6.27. The number of aryl methyl sites for hydroxylation is 1. The van der Waals surface area contributed by atoms with Crippen LogP contribution in [0.4, 0.5) is 0 Å². The Morgan fingerprint density at radius 3 is 2.92 bits per heavy atom. The van der Waals surface area contributed by atoms with E-state index in [9.17, 15) is 9.59 Å². The molecule has 0 radical (unpaired) electrons.